The molecule has 0 heterocycles. The molecule has 0 fully saturated rings. The topological polar surface area (TPSA) is 66.4 Å². The van der Waals surface area contributed by atoms with Crippen molar-refractivity contribution in [2.45, 2.75) is 54.4 Å². The van der Waals surface area contributed by atoms with Gasteiger partial charge < -0.3 is 10.4 Å². The van der Waals surface area contributed by atoms with Crippen LogP contribution in [0.15, 0.2) is 83.0 Å². The average Bonchev–Trinajstić information content (AvgIpc) is 2.71. The van der Waals surface area contributed by atoms with Crippen molar-refractivity contribution in [3.05, 3.63) is 88.6 Å². The van der Waals surface area contributed by atoms with E-state index >= 15 is 0 Å². The highest BCUT2D eigenvalue weighted by Gasteiger charge is 2.29. The molecule has 0 saturated carbocycles. The van der Waals surface area contributed by atoms with Crippen LogP contribution in [0.3, 0.4) is 0 Å². The number of carboxylic acids is 1. The van der Waals surface area contributed by atoms with Gasteiger partial charge in [-0.3, -0.25) is 4.79 Å². The third-order valence-electron chi connectivity index (χ3n) is 6.08. The molecular formula is C28H35NO3. The molecule has 1 unspecified atom stereocenters. The van der Waals surface area contributed by atoms with E-state index in [4.69, 9.17) is 5.11 Å². The first-order valence-corrected chi connectivity index (χ1v) is 11.1. The van der Waals surface area contributed by atoms with Gasteiger partial charge in [-0.25, -0.2) is 4.79 Å². The van der Waals surface area contributed by atoms with E-state index < -0.39 is 5.97 Å². The van der Waals surface area contributed by atoms with Gasteiger partial charge in [0.25, 0.3) is 0 Å². The van der Waals surface area contributed by atoms with E-state index in [9.17, 15) is 9.59 Å². The molecule has 1 amide bonds. The number of hydrogen-bond donors (Lipinski definition) is 2. The molecule has 4 nitrogen and oxygen atoms in total. The van der Waals surface area contributed by atoms with Gasteiger partial charge in [-0.2, -0.15) is 0 Å². The molecular weight excluding hydrogens is 398 g/mol. The van der Waals surface area contributed by atoms with E-state index in [0.717, 1.165) is 11.1 Å². The van der Waals surface area contributed by atoms with Crippen LogP contribution >= 0.6 is 0 Å². The highest BCUT2D eigenvalue weighted by Crippen LogP contribution is 2.43. The Morgan fingerprint density at radius 2 is 1.75 bits per heavy atom. The third-order valence-corrected chi connectivity index (χ3v) is 6.08. The lowest BCUT2D eigenvalue weighted by atomic mass is 9.69. The first-order chi connectivity index (χ1) is 15.0. The van der Waals surface area contributed by atoms with Gasteiger partial charge in [0, 0.05) is 11.8 Å². The number of amides is 1. The number of benzene rings is 1. The predicted molar refractivity (Wildman–Crippen MR) is 133 cm³/mol. The minimum atomic E-state index is -0.995. The minimum absolute atomic E-state index is 0.182. The molecule has 0 saturated heterocycles. The van der Waals surface area contributed by atoms with Gasteiger partial charge >= 0.3 is 5.97 Å². The van der Waals surface area contributed by atoms with Crippen LogP contribution in [0.5, 0.6) is 0 Å². The Kier molecular flexibility index (Phi) is 8.59. The van der Waals surface area contributed by atoms with Crippen LogP contribution in [0.2, 0.25) is 0 Å². The van der Waals surface area contributed by atoms with E-state index in [1.54, 1.807) is 12.1 Å². The lowest BCUT2D eigenvalue weighted by Crippen LogP contribution is -2.23. The quantitative estimate of drug-likeness (QED) is 0.356. The maximum atomic E-state index is 12.2. The maximum Gasteiger partial charge on any atom is 0.335 e. The number of carboxylic acid groups (broad SMARTS) is 1. The summed E-state index contributed by atoms with van der Waals surface area (Å²) in [7, 11) is 0. The van der Waals surface area contributed by atoms with Crippen LogP contribution in [0.1, 0.15) is 64.7 Å². The fourth-order valence-corrected chi connectivity index (χ4v) is 3.84. The van der Waals surface area contributed by atoms with Crippen LogP contribution in [0, 0.1) is 11.3 Å². The van der Waals surface area contributed by atoms with E-state index in [0.29, 0.717) is 11.6 Å². The molecule has 4 heteroatoms. The van der Waals surface area contributed by atoms with Gasteiger partial charge in [0.1, 0.15) is 0 Å². The number of anilines is 1. The van der Waals surface area contributed by atoms with E-state index in [-0.39, 0.29) is 16.9 Å². The molecule has 2 N–H and O–H groups in total. The number of aromatic carboxylic acids is 1. The molecule has 1 aromatic carbocycles. The maximum absolute atomic E-state index is 12.2. The minimum Gasteiger partial charge on any atom is -0.478 e. The molecule has 32 heavy (non-hydrogen) atoms. The van der Waals surface area contributed by atoms with Gasteiger partial charge in [0.15, 0.2) is 0 Å². The van der Waals surface area contributed by atoms with Crippen molar-refractivity contribution >= 4 is 17.6 Å². The number of nitrogens with one attached hydrogen (secondary N) is 1. The van der Waals surface area contributed by atoms with Crippen molar-refractivity contribution in [1.82, 2.24) is 0 Å². The van der Waals surface area contributed by atoms with Crippen LogP contribution in [-0.2, 0) is 4.79 Å². The van der Waals surface area contributed by atoms with E-state index in [1.807, 2.05) is 25.2 Å². The number of hydrogen-bond acceptors (Lipinski definition) is 2. The lowest BCUT2D eigenvalue weighted by molar-refractivity contribution is -0.111. The van der Waals surface area contributed by atoms with Crippen LogP contribution in [-0.4, -0.2) is 17.0 Å². The summed E-state index contributed by atoms with van der Waals surface area (Å²) in [6.07, 6.45) is 14.3. The van der Waals surface area contributed by atoms with E-state index in [1.165, 1.54) is 42.2 Å². The molecule has 0 aliphatic heterocycles. The normalized spacial score (nSPS) is 19.6. The molecule has 0 radical (unpaired) electrons. The van der Waals surface area contributed by atoms with Crippen LogP contribution < -0.4 is 5.32 Å². The second-order valence-corrected chi connectivity index (χ2v) is 9.28. The van der Waals surface area contributed by atoms with Crippen LogP contribution in [0.25, 0.3) is 0 Å². The Morgan fingerprint density at radius 3 is 2.38 bits per heavy atom. The van der Waals surface area contributed by atoms with Gasteiger partial charge in [-0.15, -0.1) is 0 Å². The van der Waals surface area contributed by atoms with Crippen molar-refractivity contribution in [1.29, 1.82) is 0 Å². The summed E-state index contributed by atoms with van der Waals surface area (Å²) in [5, 5.41) is 11.7. The molecule has 0 spiro atoms. The van der Waals surface area contributed by atoms with Crippen LogP contribution in [0.4, 0.5) is 5.69 Å². The fourth-order valence-electron chi connectivity index (χ4n) is 3.84. The summed E-state index contributed by atoms with van der Waals surface area (Å²) >= 11 is 0. The summed E-state index contributed by atoms with van der Waals surface area (Å²) in [5.74, 6) is -0.612. The van der Waals surface area contributed by atoms with Crippen molar-refractivity contribution in [2.75, 3.05) is 5.32 Å². The second-order valence-electron chi connectivity index (χ2n) is 9.28. The Bertz CT molecular complexity index is 1000. The second kappa shape index (κ2) is 10.9. The fraction of sp³-hybridized carbons (Fsp3) is 0.357. The molecule has 1 atom stereocenters. The zero-order valence-electron chi connectivity index (χ0n) is 20.0. The zero-order chi connectivity index (χ0) is 23.9. The van der Waals surface area contributed by atoms with Crippen molar-refractivity contribution in [3.63, 3.8) is 0 Å². The highest BCUT2D eigenvalue weighted by molar-refractivity contribution is 6.00. The lowest BCUT2D eigenvalue weighted by Gasteiger charge is -2.36. The summed E-state index contributed by atoms with van der Waals surface area (Å²) in [6.45, 7) is 13.1. The van der Waals surface area contributed by atoms with E-state index in [2.05, 4.69) is 52.1 Å². The first kappa shape index (κ1) is 25.1. The predicted octanol–water partition coefficient (Wildman–Crippen LogP) is 7.10. The molecule has 1 aliphatic carbocycles. The Balaban J connectivity index is 1.98. The van der Waals surface area contributed by atoms with Crippen molar-refractivity contribution in [3.8, 4) is 0 Å². The largest absolute Gasteiger partial charge is 0.478 e. The number of carbonyl (C=O) groups is 2. The molecule has 1 aromatic rings. The molecule has 1 aliphatic rings. The smallest absolute Gasteiger partial charge is 0.335 e. The summed E-state index contributed by atoms with van der Waals surface area (Å²) in [6, 6.07) is 6.07. The van der Waals surface area contributed by atoms with Gasteiger partial charge in [0.2, 0.25) is 5.91 Å². The van der Waals surface area contributed by atoms with Gasteiger partial charge in [-0.05, 0) is 80.4 Å². The summed E-state index contributed by atoms with van der Waals surface area (Å²) < 4.78 is 0. The van der Waals surface area contributed by atoms with Gasteiger partial charge in [0.05, 0.1) is 5.56 Å². The Morgan fingerprint density at radius 1 is 1.09 bits per heavy atom. The average molecular weight is 434 g/mol. The highest BCUT2D eigenvalue weighted by atomic mass is 16.4. The van der Waals surface area contributed by atoms with Crippen molar-refractivity contribution < 1.29 is 14.7 Å². The molecule has 170 valence electrons. The Labute approximate surface area is 192 Å². The van der Waals surface area contributed by atoms with Crippen molar-refractivity contribution in [2.24, 2.45) is 11.3 Å². The summed E-state index contributed by atoms with van der Waals surface area (Å²) in [4.78, 5) is 23.1. The number of rotatable bonds is 7. The van der Waals surface area contributed by atoms with Gasteiger partial charge in [-0.1, -0.05) is 62.3 Å². The molecule has 2 rings (SSSR count). The molecule has 0 bridgehead atoms. The Hall–Kier alpha value is -3.14. The first-order valence-electron chi connectivity index (χ1n) is 11.1. The monoisotopic (exact) mass is 433 g/mol. The zero-order valence-corrected chi connectivity index (χ0v) is 20.0. The molecule has 0 aromatic heterocycles. The SMILES string of the molecule is CC1=C(/C=C/C(C)=C/C=C/C(C)=C\C(=O)Nc2ccc(C(=O)O)cc2)C(C)(C)CCC1C. The number of carbonyl (C=O) groups excluding carboxylic acids is 1. The summed E-state index contributed by atoms with van der Waals surface area (Å²) in [5.41, 5.74) is 5.84. The standard InChI is InChI=1S/C28H35NO3/c1-19(10-15-25-22(4)21(3)16-17-28(25,5)6)8-7-9-20(2)18-26(30)29-24-13-11-23(12-14-24)27(31)32/h7-15,18,21H,16-17H2,1-6H3,(H,29,30)(H,31,32)/b9-7+,15-10+,19-8+,20-18-. The number of allylic oxidation sites excluding steroid dienone is 9. The third kappa shape index (κ3) is 7.23.